The molecule has 1 aromatic heterocycles. The van der Waals surface area contributed by atoms with Gasteiger partial charge in [0, 0.05) is 18.4 Å². The van der Waals surface area contributed by atoms with Crippen molar-refractivity contribution < 1.29 is 14.3 Å². The Morgan fingerprint density at radius 1 is 0.941 bits per heavy atom. The molecule has 1 N–H and O–H groups in total. The predicted octanol–water partition coefficient (Wildman–Crippen LogP) is 6.17. The van der Waals surface area contributed by atoms with E-state index in [-0.39, 0.29) is 11.9 Å². The Bertz CT molecular complexity index is 1310. The van der Waals surface area contributed by atoms with E-state index in [0.717, 1.165) is 0 Å². The smallest absolute Gasteiger partial charge is 0.336 e. The second-order valence-electron chi connectivity index (χ2n) is 7.08. The number of carbonyl (C=O) groups excluding carboxylic acids is 1. The van der Waals surface area contributed by atoms with Gasteiger partial charge in [-0.15, -0.1) is 5.10 Å². The van der Waals surface area contributed by atoms with Gasteiger partial charge < -0.3 is 14.8 Å². The number of methoxy groups -OCH3 is 1. The molecule has 0 saturated heterocycles. The highest BCUT2D eigenvalue weighted by atomic mass is 35.5. The number of hydrogen-bond acceptors (Lipinski definition) is 5. The summed E-state index contributed by atoms with van der Waals surface area (Å²) in [5, 5.41) is 8.53. The number of nitrogens with zero attached hydrogens (tertiary/aromatic N) is 3. The molecule has 4 rings (SSSR count). The van der Waals surface area contributed by atoms with Crippen molar-refractivity contribution in [1.82, 2.24) is 14.8 Å². The topological polar surface area (TPSA) is 78.3 Å². The number of benzene rings is 3. The van der Waals surface area contributed by atoms with Gasteiger partial charge in [-0.3, -0.25) is 4.79 Å². The maximum atomic E-state index is 12.5. The lowest BCUT2D eigenvalue weighted by atomic mass is 10.2. The summed E-state index contributed by atoms with van der Waals surface area (Å²) in [6, 6.07) is 19.4. The maximum absolute atomic E-state index is 12.5. The Kier molecular flexibility index (Phi) is 7.70. The lowest BCUT2D eigenvalue weighted by Gasteiger charge is -2.09. The zero-order valence-electron chi connectivity index (χ0n) is 18.0. The molecule has 0 aliphatic rings. The average Bonchev–Trinajstić information content (AvgIpc) is 3.26. The standard InChI is InChI=1S/C24H19Cl3N4O3/c1-33-12-13-34-24-29-22(15-6-11-20(26)21(27)14-15)31(30-24)17-9-7-16(8-10-17)28-23(32)18-4-2-3-5-19(18)25/h2-11,14H,12-13H2,1H3,(H,28,32). The summed E-state index contributed by atoms with van der Waals surface area (Å²) in [7, 11) is 1.59. The summed E-state index contributed by atoms with van der Waals surface area (Å²) in [5.41, 5.74) is 2.40. The number of ether oxygens (including phenoxy) is 2. The highest BCUT2D eigenvalue weighted by Gasteiger charge is 2.16. The monoisotopic (exact) mass is 516 g/mol. The van der Waals surface area contributed by atoms with E-state index >= 15 is 0 Å². The number of hydrogen-bond donors (Lipinski definition) is 1. The van der Waals surface area contributed by atoms with Crippen molar-refractivity contribution in [3.63, 3.8) is 0 Å². The van der Waals surface area contributed by atoms with Crippen LogP contribution in [0.3, 0.4) is 0 Å². The van der Waals surface area contributed by atoms with E-state index in [4.69, 9.17) is 44.3 Å². The zero-order valence-corrected chi connectivity index (χ0v) is 20.2. The number of amides is 1. The van der Waals surface area contributed by atoms with E-state index in [0.29, 0.717) is 56.6 Å². The van der Waals surface area contributed by atoms with Crippen LogP contribution in [-0.4, -0.2) is 41.0 Å². The molecule has 0 aliphatic carbocycles. The number of carbonyl (C=O) groups is 1. The zero-order chi connectivity index (χ0) is 24.1. The summed E-state index contributed by atoms with van der Waals surface area (Å²) in [5.74, 6) is 0.211. The van der Waals surface area contributed by atoms with Gasteiger partial charge in [0.15, 0.2) is 5.82 Å². The van der Waals surface area contributed by atoms with Gasteiger partial charge in [0.1, 0.15) is 6.61 Å². The third-order valence-electron chi connectivity index (χ3n) is 4.77. The molecule has 0 spiro atoms. The van der Waals surface area contributed by atoms with Crippen LogP contribution < -0.4 is 10.1 Å². The van der Waals surface area contributed by atoms with Gasteiger partial charge in [0.25, 0.3) is 5.91 Å². The van der Waals surface area contributed by atoms with E-state index in [1.807, 2.05) is 0 Å². The fraction of sp³-hybridized carbons (Fsp3) is 0.125. The van der Waals surface area contributed by atoms with Crippen molar-refractivity contribution in [2.75, 3.05) is 25.6 Å². The fourth-order valence-corrected chi connectivity index (χ4v) is 3.62. The highest BCUT2D eigenvalue weighted by Crippen LogP contribution is 2.30. The molecule has 0 unspecified atom stereocenters. The number of rotatable bonds is 8. The Balaban J connectivity index is 1.62. The molecule has 3 aromatic carbocycles. The van der Waals surface area contributed by atoms with Crippen molar-refractivity contribution in [2.45, 2.75) is 0 Å². The van der Waals surface area contributed by atoms with Crippen molar-refractivity contribution in [3.8, 4) is 23.1 Å². The lowest BCUT2D eigenvalue weighted by molar-refractivity contribution is 0.102. The number of aromatic nitrogens is 3. The molecule has 1 amide bonds. The first-order chi connectivity index (χ1) is 16.5. The van der Waals surface area contributed by atoms with Crippen molar-refractivity contribution in [3.05, 3.63) is 87.4 Å². The molecule has 4 aromatic rings. The van der Waals surface area contributed by atoms with Gasteiger partial charge in [-0.2, -0.15) is 4.98 Å². The minimum Gasteiger partial charge on any atom is -0.460 e. The molecule has 0 atom stereocenters. The van der Waals surface area contributed by atoms with Crippen LogP contribution in [0, 0.1) is 0 Å². The van der Waals surface area contributed by atoms with E-state index in [1.54, 1.807) is 78.5 Å². The molecular formula is C24H19Cl3N4O3. The molecule has 34 heavy (non-hydrogen) atoms. The molecule has 1 heterocycles. The molecule has 0 saturated carbocycles. The minimum atomic E-state index is -0.301. The van der Waals surface area contributed by atoms with Crippen molar-refractivity contribution in [2.24, 2.45) is 0 Å². The minimum absolute atomic E-state index is 0.189. The number of nitrogens with one attached hydrogen (secondary N) is 1. The third kappa shape index (κ3) is 5.51. The molecular weight excluding hydrogens is 499 g/mol. The SMILES string of the molecule is COCCOc1nc(-c2ccc(Cl)c(Cl)c2)n(-c2ccc(NC(=O)c3ccccc3Cl)cc2)n1. The molecule has 7 nitrogen and oxygen atoms in total. The van der Waals surface area contributed by atoms with Crippen molar-refractivity contribution in [1.29, 1.82) is 0 Å². The largest absolute Gasteiger partial charge is 0.460 e. The average molecular weight is 518 g/mol. The van der Waals surface area contributed by atoms with Crippen LogP contribution in [0.1, 0.15) is 10.4 Å². The van der Waals surface area contributed by atoms with Gasteiger partial charge in [-0.05, 0) is 54.6 Å². The Morgan fingerprint density at radius 3 is 2.41 bits per heavy atom. The summed E-state index contributed by atoms with van der Waals surface area (Å²) in [6.45, 7) is 0.699. The fourth-order valence-electron chi connectivity index (χ4n) is 3.10. The van der Waals surface area contributed by atoms with Crippen LogP contribution in [0.2, 0.25) is 15.1 Å². The van der Waals surface area contributed by atoms with Crippen LogP contribution in [0.15, 0.2) is 66.7 Å². The molecule has 0 aliphatic heterocycles. The first-order valence-electron chi connectivity index (χ1n) is 10.2. The molecule has 174 valence electrons. The van der Waals surface area contributed by atoms with E-state index < -0.39 is 0 Å². The lowest BCUT2D eigenvalue weighted by Crippen LogP contribution is -2.12. The Morgan fingerprint density at radius 2 is 1.71 bits per heavy atom. The summed E-state index contributed by atoms with van der Waals surface area (Å²) >= 11 is 18.4. The number of halogens is 3. The van der Waals surface area contributed by atoms with Crippen LogP contribution in [-0.2, 0) is 4.74 Å². The van der Waals surface area contributed by atoms with Gasteiger partial charge in [-0.25, -0.2) is 4.68 Å². The van der Waals surface area contributed by atoms with Gasteiger partial charge in [0.2, 0.25) is 0 Å². The van der Waals surface area contributed by atoms with Gasteiger partial charge >= 0.3 is 6.01 Å². The molecule has 0 fully saturated rings. The first kappa shape index (κ1) is 24.0. The molecule has 0 radical (unpaired) electrons. The highest BCUT2D eigenvalue weighted by molar-refractivity contribution is 6.42. The van der Waals surface area contributed by atoms with E-state index in [2.05, 4.69) is 15.4 Å². The quantitative estimate of drug-likeness (QED) is 0.283. The predicted molar refractivity (Wildman–Crippen MR) is 134 cm³/mol. The summed E-state index contributed by atoms with van der Waals surface area (Å²) in [6.07, 6.45) is 0. The van der Waals surface area contributed by atoms with Gasteiger partial charge in [-0.1, -0.05) is 46.9 Å². The second kappa shape index (κ2) is 10.9. The Hall–Kier alpha value is -3.10. The van der Waals surface area contributed by atoms with E-state index in [9.17, 15) is 4.79 Å². The van der Waals surface area contributed by atoms with Crippen molar-refractivity contribution >= 4 is 46.4 Å². The van der Waals surface area contributed by atoms with Crippen LogP contribution in [0.25, 0.3) is 17.1 Å². The third-order valence-corrected chi connectivity index (χ3v) is 5.84. The van der Waals surface area contributed by atoms with Gasteiger partial charge in [0.05, 0.1) is 32.9 Å². The van der Waals surface area contributed by atoms with Crippen LogP contribution in [0.5, 0.6) is 6.01 Å². The Labute approximate surface area is 211 Å². The van der Waals surface area contributed by atoms with Crippen LogP contribution >= 0.6 is 34.8 Å². The van der Waals surface area contributed by atoms with E-state index in [1.165, 1.54) is 0 Å². The molecule has 10 heteroatoms. The normalized spacial score (nSPS) is 10.8. The second-order valence-corrected chi connectivity index (χ2v) is 8.30. The summed E-state index contributed by atoms with van der Waals surface area (Å²) < 4.78 is 12.3. The number of anilines is 1. The maximum Gasteiger partial charge on any atom is 0.336 e. The first-order valence-corrected chi connectivity index (χ1v) is 11.3. The summed E-state index contributed by atoms with van der Waals surface area (Å²) in [4.78, 5) is 17.1. The van der Waals surface area contributed by atoms with Crippen LogP contribution in [0.4, 0.5) is 5.69 Å². The molecule has 0 bridgehead atoms.